The van der Waals surface area contributed by atoms with Crippen LogP contribution in [0.4, 0.5) is 5.69 Å². The molecule has 0 fully saturated rings. The predicted molar refractivity (Wildman–Crippen MR) is 100 cm³/mol. The number of benzene rings is 1. The Morgan fingerprint density at radius 1 is 1.27 bits per heavy atom. The Morgan fingerprint density at radius 3 is 2.77 bits per heavy atom. The van der Waals surface area contributed by atoms with Crippen molar-refractivity contribution in [1.29, 1.82) is 0 Å². The van der Waals surface area contributed by atoms with Gasteiger partial charge in [0.2, 0.25) is 0 Å². The second-order valence-corrected chi connectivity index (χ2v) is 7.37. The maximum absolute atomic E-state index is 12.4. The minimum atomic E-state index is -0.389. The van der Waals surface area contributed by atoms with Crippen molar-refractivity contribution in [3.63, 3.8) is 0 Å². The summed E-state index contributed by atoms with van der Waals surface area (Å²) in [6.45, 7) is 6.17. The lowest BCUT2D eigenvalue weighted by atomic mass is 9.91. The highest BCUT2D eigenvalue weighted by Gasteiger charge is 2.20. The van der Waals surface area contributed by atoms with Crippen molar-refractivity contribution in [3.05, 3.63) is 47.0 Å². The number of carbonyl (C=O) groups excluding carboxylic acids is 1. The van der Waals surface area contributed by atoms with Crippen LogP contribution in [-0.4, -0.2) is 20.5 Å². The Hall–Kier alpha value is -3.09. The average Bonchev–Trinajstić information content (AvgIpc) is 2.90. The first-order valence-corrected chi connectivity index (χ1v) is 8.41. The van der Waals surface area contributed by atoms with Crippen LogP contribution in [-0.2, 0) is 4.79 Å². The number of rotatable bonds is 4. The number of aromatic nitrogens is 3. The lowest BCUT2D eigenvalue weighted by molar-refractivity contribution is -0.134. The number of nitrogens with one attached hydrogen (secondary N) is 1. The maximum Gasteiger partial charge on any atom is 0.332 e. The summed E-state index contributed by atoms with van der Waals surface area (Å²) < 4.78 is 6.89. The van der Waals surface area contributed by atoms with E-state index in [1.165, 1.54) is 4.57 Å². The van der Waals surface area contributed by atoms with Gasteiger partial charge < -0.3 is 15.5 Å². The molecule has 0 atom stereocenters. The monoisotopic (exact) mass is 354 g/mol. The summed E-state index contributed by atoms with van der Waals surface area (Å²) in [7, 11) is 0. The quantitative estimate of drug-likeness (QED) is 0.426. The van der Waals surface area contributed by atoms with Crippen LogP contribution < -0.4 is 16.2 Å². The molecule has 7 heteroatoms. The number of anilines is 1. The number of hydrogen-bond donors (Lipinski definition) is 2. The smallest absolute Gasteiger partial charge is 0.332 e. The maximum atomic E-state index is 12.4. The Morgan fingerprint density at radius 2 is 2.04 bits per heavy atom. The second kappa shape index (κ2) is 6.67. The number of para-hydroxylation sites is 1. The third-order valence-corrected chi connectivity index (χ3v) is 4.00. The molecule has 3 rings (SSSR count). The summed E-state index contributed by atoms with van der Waals surface area (Å²) in [5.74, 6) is -0.222. The van der Waals surface area contributed by atoms with Crippen LogP contribution in [0.1, 0.15) is 33.6 Å². The van der Waals surface area contributed by atoms with Crippen molar-refractivity contribution in [2.45, 2.75) is 33.6 Å². The fourth-order valence-corrected chi connectivity index (χ4v) is 2.63. The average molecular weight is 354 g/mol. The number of aromatic amines is 1. The number of pyridine rings is 1. The molecule has 1 aromatic carbocycles. The Kier molecular flexibility index (Phi) is 4.54. The zero-order valence-corrected chi connectivity index (χ0v) is 15.1. The molecule has 0 saturated heterocycles. The first kappa shape index (κ1) is 17.7. The molecular weight excluding hydrogens is 332 g/mol. The minimum Gasteiger partial charge on any atom is -0.422 e. The van der Waals surface area contributed by atoms with Crippen molar-refractivity contribution < 1.29 is 9.53 Å². The van der Waals surface area contributed by atoms with Gasteiger partial charge in [0.05, 0.1) is 16.9 Å². The van der Waals surface area contributed by atoms with Gasteiger partial charge in [0.1, 0.15) is 0 Å². The van der Waals surface area contributed by atoms with Crippen LogP contribution in [0.3, 0.4) is 0 Å². The SMILES string of the molecule is CC(C)(C)CCC(=O)Oc1c(N)cccc1-n1c(=O)[nH]c2cccnc21. The van der Waals surface area contributed by atoms with Gasteiger partial charge in [0, 0.05) is 12.6 Å². The molecule has 0 spiro atoms. The minimum absolute atomic E-state index is 0.0157. The van der Waals surface area contributed by atoms with Crippen molar-refractivity contribution >= 4 is 22.8 Å². The lowest BCUT2D eigenvalue weighted by Gasteiger charge is -2.18. The molecule has 2 heterocycles. The van der Waals surface area contributed by atoms with Crippen LogP contribution in [0.2, 0.25) is 0 Å². The van der Waals surface area contributed by atoms with E-state index in [0.717, 1.165) is 0 Å². The van der Waals surface area contributed by atoms with Crippen molar-refractivity contribution in [2.75, 3.05) is 5.73 Å². The van der Waals surface area contributed by atoms with Gasteiger partial charge in [-0.1, -0.05) is 26.8 Å². The molecule has 0 aliphatic carbocycles. The van der Waals surface area contributed by atoms with E-state index in [2.05, 4.69) is 30.7 Å². The molecular formula is C19H22N4O3. The first-order chi connectivity index (χ1) is 12.3. The third kappa shape index (κ3) is 3.61. The summed E-state index contributed by atoms with van der Waals surface area (Å²) in [6.07, 6.45) is 2.54. The number of nitrogens with two attached hydrogens (primary N) is 1. The second-order valence-electron chi connectivity index (χ2n) is 7.37. The summed E-state index contributed by atoms with van der Waals surface area (Å²) in [5, 5.41) is 0. The zero-order chi connectivity index (χ0) is 18.9. The Balaban J connectivity index is 2.02. The molecule has 0 bridgehead atoms. The molecule has 0 aliphatic heterocycles. The zero-order valence-electron chi connectivity index (χ0n) is 15.1. The van der Waals surface area contributed by atoms with Crippen LogP contribution in [0.25, 0.3) is 16.9 Å². The topological polar surface area (TPSA) is 103 Å². The number of nitrogen functional groups attached to an aromatic ring is 1. The molecule has 26 heavy (non-hydrogen) atoms. The van der Waals surface area contributed by atoms with E-state index in [9.17, 15) is 9.59 Å². The molecule has 7 nitrogen and oxygen atoms in total. The molecule has 0 unspecified atom stereocenters. The van der Waals surface area contributed by atoms with Crippen molar-refractivity contribution in [1.82, 2.24) is 14.5 Å². The van der Waals surface area contributed by atoms with Gasteiger partial charge in [-0.25, -0.2) is 14.3 Å². The largest absolute Gasteiger partial charge is 0.422 e. The molecule has 2 aromatic heterocycles. The van der Waals surface area contributed by atoms with Crippen LogP contribution in [0.5, 0.6) is 5.75 Å². The van der Waals surface area contributed by atoms with E-state index >= 15 is 0 Å². The van der Waals surface area contributed by atoms with Gasteiger partial charge >= 0.3 is 11.7 Å². The molecule has 3 aromatic rings. The molecule has 0 amide bonds. The molecule has 3 N–H and O–H groups in total. The lowest BCUT2D eigenvalue weighted by Crippen LogP contribution is -2.19. The molecule has 136 valence electrons. The Bertz CT molecular complexity index is 1010. The molecule has 0 saturated carbocycles. The summed E-state index contributed by atoms with van der Waals surface area (Å²) in [5.41, 5.74) is 7.35. The van der Waals surface area contributed by atoms with Crippen LogP contribution in [0, 0.1) is 5.41 Å². The number of H-pyrrole nitrogens is 1. The van der Waals surface area contributed by atoms with Gasteiger partial charge in [-0.15, -0.1) is 0 Å². The predicted octanol–water partition coefficient (Wildman–Crippen LogP) is 3.03. The number of esters is 1. The molecule has 0 radical (unpaired) electrons. The summed E-state index contributed by atoms with van der Waals surface area (Å²) in [4.78, 5) is 31.7. The number of fused-ring (bicyclic) bond motifs is 1. The highest BCUT2D eigenvalue weighted by Crippen LogP contribution is 2.31. The van der Waals surface area contributed by atoms with Gasteiger partial charge in [-0.2, -0.15) is 0 Å². The van der Waals surface area contributed by atoms with Crippen molar-refractivity contribution in [2.24, 2.45) is 5.41 Å². The van der Waals surface area contributed by atoms with Gasteiger partial charge in [0.15, 0.2) is 11.4 Å². The number of nitrogens with zero attached hydrogens (tertiary/aromatic N) is 2. The number of hydrogen-bond acceptors (Lipinski definition) is 5. The van der Waals surface area contributed by atoms with E-state index in [1.54, 1.807) is 36.5 Å². The number of carbonyl (C=O) groups is 1. The van der Waals surface area contributed by atoms with E-state index < -0.39 is 0 Å². The van der Waals surface area contributed by atoms with Gasteiger partial charge in [0.25, 0.3) is 0 Å². The fraction of sp³-hybridized carbons (Fsp3) is 0.316. The van der Waals surface area contributed by atoms with E-state index in [-0.39, 0.29) is 34.9 Å². The number of imidazole rings is 1. The fourth-order valence-electron chi connectivity index (χ4n) is 2.63. The molecule has 0 aliphatic rings. The van der Waals surface area contributed by atoms with Crippen LogP contribution >= 0.6 is 0 Å². The summed E-state index contributed by atoms with van der Waals surface area (Å²) in [6, 6.07) is 8.48. The number of ether oxygens (including phenoxy) is 1. The highest BCUT2D eigenvalue weighted by molar-refractivity contribution is 5.80. The van der Waals surface area contributed by atoms with Gasteiger partial charge in [-0.3, -0.25) is 4.79 Å². The Labute approximate surface area is 150 Å². The highest BCUT2D eigenvalue weighted by atomic mass is 16.5. The third-order valence-electron chi connectivity index (χ3n) is 4.00. The standard InChI is InChI=1S/C19H22N4O3/c1-19(2,3)10-9-15(24)26-16-12(20)6-4-8-14(16)23-17-13(22-18(23)25)7-5-11-21-17/h4-8,11H,9-10,20H2,1-3H3,(H,22,25). The van der Waals surface area contributed by atoms with Gasteiger partial charge in [-0.05, 0) is 36.1 Å². The van der Waals surface area contributed by atoms with E-state index in [4.69, 9.17) is 10.5 Å². The van der Waals surface area contributed by atoms with Crippen molar-refractivity contribution in [3.8, 4) is 11.4 Å². The van der Waals surface area contributed by atoms with Crippen LogP contribution in [0.15, 0.2) is 41.3 Å². The normalized spacial score (nSPS) is 11.7. The summed E-state index contributed by atoms with van der Waals surface area (Å²) >= 11 is 0. The van der Waals surface area contributed by atoms with E-state index in [0.29, 0.717) is 23.3 Å². The van der Waals surface area contributed by atoms with E-state index in [1.807, 2.05) is 0 Å². The first-order valence-electron chi connectivity index (χ1n) is 8.41.